The van der Waals surface area contributed by atoms with Crippen LogP contribution in [0.5, 0.6) is 0 Å². The van der Waals surface area contributed by atoms with E-state index < -0.39 is 0 Å². The highest BCUT2D eigenvalue weighted by Crippen LogP contribution is 2.25. The number of hydrogen-bond acceptors (Lipinski definition) is 7. The zero-order chi connectivity index (χ0) is 20.4. The highest BCUT2D eigenvalue weighted by molar-refractivity contribution is 5.93. The van der Waals surface area contributed by atoms with Crippen molar-refractivity contribution in [1.82, 2.24) is 29.8 Å². The van der Waals surface area contributed by atoms with E-state index in [1.165, 1.54) is 0 Å². The summed E-state index contributed by atoms with van der Waals surface area (Å²) in [6, 6.07) is 1.97. The van der Waals surface area contributed by atoms with Gasteiger partial charge in [-0.05, 0) is 32.8 Å². The average Bonchev–Trinajstić information content (AvgIpc) is 3.31. The quantitative estimate of drug-likeness (QED) is 0.650. The Morgan fingerprint density at radius 3 is 2.90 bits per heavy atom. The Kier molecular flexibility index (Phi) is 5.39. The largest absolute Gasteiger partial charge is 0.375 e. The summed E-state index contributed by atoms with van der Waals surface area (Å²) >= 11 is 0. The van der Waals surface area contributed by atoms with Gasteiger partial charge in [0.2, 0.25) is 0 Å². The minimum Gasteiger partial charge on any atom is -0.375 e. The fourth-order valence-electron chi connectivity index (χ4n) is 3.62. The summed E-state index contributed by atoms with van der Waals surface area (Å²) < 4.78 is 12.8. The van der Waals surface area contributed by atoms with Gasteiger partial charge in [-0.3, -0.25) is 9.48 Å². The Bertz CT molecular complexity index is 992. The summed E-state index contributed by atoms with van der Waals surface area (Å²) in [4.78, 5) is 23.2. The number of carbonyl (C=O) groups excluding carboxylic acids is 1. The van der Waals surface area contributed by atoms with Gasteiger partial charge in [0, 0.05) is 32.0 Å². The number of ether oxygens (including phenoxy) is 1. The van der Waals surface area contributed by atoms with Gasteiger partial charge in [0.15, 0.2) is 0 Å². The van der Waals surface area contributed by atoms with Crippen molar-refractivity contribution in [3.05, 3.63) is 47.5 Å². The van der Waals surface area contributed by atoms with Crippen LogP contribution in [0.1, 0.15) is 33.9 Å². The maximum Gasteiger partial charge on any atom is 0.257 e. The first-order valence-electron chi connectivity index (χ1n) is 9.65. The number of aryl methyl sites for hydroxylation is 4. The van der Waals surface area contributed by atoms with Crippen molar-refractivity contribution in [1.29, 1.82) is 0 Å². The van der Waals surface area contributed by atoms with Gasteiger partial charge in [-0.2, -0.15) is 5.10 Å². The maximum absolute atomic E-state index is 12.7. The molecule has 1 fully saturated rings. The molecule has 29 heavy (non-hydrogen) atoms. The van der Waals surface area contributed by atoms with Gasteiger partial charge in [0.05, 0.1) is 41.4 Å². The molecule has 1 atom stereocenters. The molecular formula is C20H24N6O3. The molecule has 1 aliphatic rings. The normalized spacial score (nSPS) is 16.9. The van der Waals surface area contributed by atoms with E-state index in [0.717, 1.165) is 41.2 Å². The van der Waals surface area contributed by atoms with Crippen molar-refractivity contribution in [2.45, 2.75) is 32.8 Å². The van der Waals surface area contributed by atoms with E-state index in [0.29, 0.717) is 25.3 Å². The third kappa shape index (κ3) is 4.19. The molecule has 9 nitrogen and oxygen atoms in total. The first-order chi connectivity index (χ1) is 14.0. The summed E-state index contributed by atoms with van der Waals surface area (Å²) in [6.07, 6.45) is 6.39. The molecule has 4 heterocycles. The minimum absolute atomic E-state index is 0.00543. The molecule has 0 bridgehead atoms. The number of hydrogen-bond donors (Lipinski definition) is 0. The molecule has 152 valence electrons. The predicted molar refractivity (Wildman–Crippen MR) is 104 cm³/mol. The van der Waals surface area contributed by atoms with Crippen LogP contribution in [0.25, 0.3) is 11.3 Å². The number of morpholine rings is 1. The summed E-state index contributed by atoms with van der Waals surface area (Å²) in [5.74, 6) is 0.737. The molecule has 0 N–H and O–H groups in total. The van der Waals surface area contributed by atoms with Crippen LogP contribution in [0.3, 0.4) is 0 Å². The van der Waals surface area contributed by atoms with Crippen LogP contribution >= 0.6 is 0 Å². The van der Waals surface area contributed by atoms with Gasteiger partial charge in [-0.15, -0.1) is 0 Å². The van der Waals surface area contributed by atoms with E-state index in [1.54, 1.807) is 30.5 Å². The SMILES string of the molecule is Cc1noc(C)c1-c1cc(CCC2CN(C(=O)c3cnn(C)c3)CCO2)ncn1. The molecule has 1 unspecified atom stereocenters. The molecule has 1 amide bonds. The van der Waals surface area contributed by atoms with Crippen LogP contribution in [0, 0.1) is 13.8 Å². The Hall–Kier alpha value is -3.07. The number of amides is 1. The lowest BCUT2D eigenvalue weighted by Gasteiger charge is -2.32. The number of aromatic nitrogens is 5. The number of carbonyl (C=O) groups is 1. The van der Waals surface area contributed by atoms with Crippen molar-refractivity contribution in [3.8, 4) is 11.3 Å². The van der Waals surface area contributed by atoms with Gasteiger partial charge >= 0.3 is 0 Å². The molecule has 0 radical (unpaired) electrons. The lowest BCUT2D eigenvalue weighted by molar-refractivity contribution is -0.0246. The molecule has 4 rings (SSSR count). The Morgan fingerprint density at radius 2 is 2.17 bits per heavy atom. The van der Waals surface area contributed by atoms with Crippen LogP contribution in [-0.4, -0.2) is 61.5 Å². The monoisotopic (exact) mass is 396 g/mol. The fourth-order valence-corrected chi connectivity index (χ4v) is 3.62. The van der Waals surface area contributed by atoms with E-state index in [9.17, 15) is 4.79 Å². The predicted octanol–water partition coefficient (Wildman–Crippen LogP) is 1.96. The summed E-state index contributed by atoms with van der Waals surface area (Å²) in [5.41, 5.74) is 4.06. The van der Waals surface area contributed by atoms with Crippen molar-refractivity contribution in [2.24, 2.45) is 7.05 Å². The molecule has 0 aromatic carbocycles. The van der Waals surface area contributed by atoms with Crippen LogP contribution < -0.4 is 0 Å². The highest BCUT2D eigenvalue weighted by Gasteiger charge is 2.26. The van der Waals surface area contributed by atoms with Crippen LogP contribution in [-0.2, 0) is 18.2 Å². The molecule has 3 aromatic rings. The standard InChI is InChI=1S/C20H24N6O3/c1-13-19(14(2)29-24-13)18-8-16(21-12-22-18)4-5-17-11-26(6-7-28-17)20(27)15-9-23-25(3)10-15/h8-10,12,17H,4-7,11H2,1-3H3. The third-order valence-corrected chi connectivity index (χ3v) is 5.11. The Balaban J connectivity index is 1.39. The molecule has 1 saturated heterocycles. The minimum atomic E-state index is -0.0261. The van der Waals surface area contributed by atoms with Crippen LogP contribution in [0.2, 0.25) is 0 Å². The molecular weight excluding hydrogens is 372 g/mol. The second-order valence-corrected chi connectivity index (χ2v) is 7.28. The van der Waals surface area contributed by atoms with Crippen molar-refractivity contribution in [2.75, 3.05) is 19.7 Å². The highest BCUT2D eigenvalue weighted by atomic mass is 16.5. The van der Waals surface area contributed by atoms with E-state index in [4.69, 9.17) is 9.26 Å². The van der Waals surface area contributed by atoms with Crippen molar-refractivity contribution >= 4 is 5.91 Å². The van der Waals surface area contributed by atoms with Crippen LogP contribution in [0.15, 0.2) is 29.3 Å². The lowest BCUT2D eigenvalue weighted by atomic mass is 10.1. The Morgan fingerprint density at radius 1 is 1.31 bits per heavy atom. The van der Waals surface area contributed by atoms with Crippen molar-refractivity contribution < 1.29 is 14.1 Å². The molecule has 3 aromatic heterocycles. The molecule has 0 spiro atoms. The van der Waals surface area contributed by atoms with Crippen molar-refractivity contribution in [3.63, 3.8) is 0 Å². The lowest BCUT2D eigenvalue weighted by Crippen LogP contribution is -2.45. The summed E-state index contributed by atoms with van der Waals surface area (Å²) in [7, 11) is 1.80. The van der Waals surface area contributed by atoms with Crippen LogP contribution in [0.4, 0.5) is 0 Å². The first kappa shape index (κ1) is 19.3. The Labute approximate surface area is 168 Å². The average molecular weight is 396 g/mol. The smallest absolute Gasteiger partial charge is 0.257 e. The molecule has 9 heteroatoms. The third-order valence-electron chi connectivity index (χ3n) is 5.11. The zero-order valence-corrected chi connectivity index (χ0v) is 16.8. The van der Waals surface area contributed by atoms with Gasteiger partial charge in [0.25, 0.3) is 5.91 Å². The first-order valence-corrected chi connectivity index (χ1v) is 9.65. The van der Waals surface area contributed by atoms with Gasteiger partial charge in [-0.1, -0.05) is 5.16 Å². The second-order valence-electron chi connectivity index (χ2n) is 7.28. The van der Waals surface area contributed by atoms with Gasteiger partial charge in [-0.25, -0.2) is 9.97 Å². The molecule has 0 saturated carbocycles. The van der Waals surface area contributed by atoms with E-state index >= 15 is 0 Å². The summed E-state index contributed by atoms with van der Waals surface area (Å²) in [6.45, 7) is 5.46. The number of rotatable bonds is 5. The number of nitrogens with zero attached hydrogens (tertiary/aromatic N) is 6. The topological polar surface area (TPSA) is 99.2 Å². The van der Waals surface area contributed by atoms with Gasteiger partial charge < -0.3 is 14.2 Å². The summed E-state index contributed by atoms with van der Waals surface area (Å²) in [5, 5.41) is 8.08. The van der Waals surface area contributed by atoms with E-state index in [2.05, 4.69) is 20.2 Å². The van der Waals surface area contributed by atoms with Gasteiger partial charge in [0.1, 0.15) is 12.1 Å². The van der Waals surface area contributed by atoms with E-state index in [-0.39, 0.29) is 12.0 Å². The second kappa shape index (κ2) is 8.12. The maximum atomic E-state index is 12.7. The fraction of sp³-hybridized carbons (Fsp3) is 0.450. The van der Waals surface area contributed by atoms with E-state index in [1.807, 2.05) is 24.8 Å². The molecule has 1 aliphatic heterocycles. The zero-order valence-electron chi connectivity index (χ0n) is 16.8. The molecule has 0 aliphatic carbocycles.